The lowest BCUT2D eigenvalue weighted by molar-refractivity contribution is -0.142. The van der Waals surface area contributed by atoms with Gasteiger partial charge in [-0.1, -0.05) is 25.0 Å². The standard InChI is InChI=1S/C31H37FN5O6PS/c1-18-5-4-13-33-28(18)36-14-12-21(17-36)34-29(38)24-10-9-22-6-2-3-7-23(31(40)37(22)24)35-30(39)26-16-20-15-19(8-11-25(20)45-26)27(32)44(41,42)43/h4-5,8,11,13,15-16,21-24,27H,2-3,6-7,9-10,12,14,17H2,1H3,(H,34,38)(H,35,39)(H2,41,42,43)/t21-,22+,23+,24+,27?/m1/s1. The molecular formula is C31H37FN5O6PS. The maximum atomic E-state index is 14.3. The third-order valence-electron chi connectivity index (χ3n) is 9.09. The quantitative estimate of drug-likeness (QED) is 0.276. The molecule has 3 aromatic rings. The van der Waals surface area contributed by atoms with Gasteiger partial charge in [0.25, 0.3) is 5.91 Å². The lowest BCUT2D eigenvalue weighted by Gasteiger charge is -2.35. The van der Waals surface area contributed by atoms with Gasteiger partial charge < -0.3 is 30.2 Å². The second-order valence-electron chi connectivity index (χ2n) is 12.2. The first-order chi connectivity index (χ1) is 21.5. The van der Waals surface area contributed by atoms with Gasteiger partial charge in [0.1, 0.15) is 17.9 Å². The highest BCUT2D eigenvalue weighted by Crippen LogP contribution is 2.53. The second kappa shape index (κ2) is 12.8. The Morgan fingerprint density at radius 1 is 1.09 bits per heavy atom. The molecule has 45 heavy (non-hydrogen) atoms. The number of nitrogens with zero attached hydrogens (tertiary/aromatic N) is 3. The molecule has 3 amide bonds. The number of hydrogen-bond donors (Lipinski definition) is 4. The van der Waals surface area contributed by atoms with E-state index >= 15 is 0 Å². The molecule has 11 nitrogen and oxygen atoms in total. The first-order valence-electron chi connectivity index (χ1n) is 15.3. The van der Waals surface area contributed by atoms with E-state index in [1.54, 1.807) is 11.1 Å². The lowest BCUT2D eigenvalue weighted by atomic mass is 9.99. The number of amides is 3. The molecule has 4 N–H and O–H groups in total. The van der Waals surface area contributed by atoms with Crippen molar-refractivity contribution in [1.82, 2.24) is 20.5 Å². The summed E-state index contributed by atoms with van der Waals surface area (Å²) in [6, 6.07) is 8.08. The maximum Gasteiger partial charge on any atom is 0.363 e. The zero-order valence-corrected chi connectivity index (χ0v) is 26.6. The van der Waals surface area contributed by atoms with E-state index in [1.807, 2.05) is 19.1 Å². The van der Waals surface area contributed by atoms with E-state index in [0.29, 0.717) is 34.3 Å². The summed E-state index contributed by atoms with van der Waals surface area (Å²) in [5, 5.41) is 6.55. The molecule has 3 aliphatic heterocycles. The third-order valence-corrected chi connectivity index (χ3v) is 11.1. The summed E-state index contributed by atoms with van der Waals surface area (Å²) < 4.78 is 26.3. The molecule has 6 rings (SSSR count). The third kappa shape index (κ3) is 6.63. The summed E-state index contributed by atoms with van der Waals surface area (Å²) in [5.74, 6) is -2.42. The smallest absolute Gasteiger partial charge is 0.354 e. The molecule has 0 aliphatic carbocycles. The fourth-order valence-electron chi connectivity index (χ4n) is 6.84. The number of benzene rings is 1. The Morgan fingerprint density at radius 3 is 2.67 bits per heavy atom. The van der Waals surface area contributed by atoms with Gasteiger partial charge in [-0.15, -0.1) is 11.3 Å². The number of rotatable bonds is 7. The minimum Gasteiger partial charge on any atom is -0.354 e. The van der Waals surface area contributed by atoms with Gasteiger partial charge in [-0.3, -0.25) is 18.9 Å². The Labute approximate surface area is 264 Å². The van der Waals surface area contributed by atoms with Gasteiger partial charge in [0.15, 0.2) is 0 Å². The Bertz CT molecular complexity index is 1660. The zero-order chi connectivity index (χ0) is 31.9. The number of hydrogen-bond acceptors (Lipinski definition) is 7. The number of nitrogens with one attached hydrogen (secondary N) is 2. The van der Waals surface area contributed by atoms with E-state index in [9.17, 15) is 33.1 Å². The van der Waals surface area contributed by atoms with Crippen LogP contribution >= 0.6 is 18.9 Å². The molecule has 14 heteroatoms. The molecule has 240 valence electrons. The highest BCUT2D eigenvalue weighted by molar-refractivity contribution is 7.51. The fourth-order valence-corrected chi connectivity index (χ4v) is 8.34. The largest absolute Gasteiger partial charge is 0.363 e. The summed E-state index contributed by atoms with van der Waals surface area (Å²) in [7, 11) is -4.97. The van der Waals surface area contributed by atoms with Gasteiger partial charge in [0, 0.05) is 36.1 Å². The SMILES string of the molecule is Cc1cccnc1N1CC[C@@H](NC(=O)[C@@H]2CC[C@@H]3CCCC[C@H](NC(=O)c4cc5cc(C(F)P(=O)(O)O)ccc5s4)C(=O)N32)C1. The van der Waals surface area contributed by atoms with Crippen molar-refractivity contribution in [2.75, 3.05) is 18.0 Å². The number of pyridine rings is 1. The van der Waals surface area contributed by atoms with Crippen LogP contribution in [0.15, 0.2) is 42.6 Å². The van der Waals surface area contributed by atoms with Crippen LogP contribution in [0, 0.1) is 6.92 Å². The van der Waals surface area contributed by atoms with Crippen LogP contribution in [-0.2, 0) is 14.2 Å². The van der Waals surface area contributed by atoms with Crippen LogP contribution in [-0.4, -0.2) is 74.6 Å². The van der Waals surface area contributed by atoms with Crippen molar-refractivity contribution in [3.8, 4) is 0 Å². The molecule has 5 atom stereocenters. The molecule has 0 saturated carbocycles. The Hall–Kier alpha value is -3.38. The number of carbonyl (C=O) groups is 3. The van der Waals surface area contributed by atoms with Crippen molar-refractivity contribution in [2.24, 2.45) is 0 Å². The van der Waals surface area contributed by atoms with Gasteiger partial charge in [-0.05, 0) is 79.8 Å². The number of carbonyl (C=O) groups excluding carboxylic acids is 3. The monoisotopic (exact) mass is 657 g/mol. The summed E-state index contributed by atoms with van der Waals surface area (Å²) in [6.07, 6.45) is 6.76. The molecule has 2 aromatic heterocycles. The predicted molar refractivity (Wildman–Crippen MR) is 169 cm³/mol. The van der Waals surface area contributed by atoms with Gasteiger partial charge >= 0.3 is 7.60 Å². The van der Waals surface area contributed by atoms with E-state index in [-0.39, 0.29) is 29.5 Å². The van der Waals surface area contributed by atoms with E-state index in [2.05, 4.69) is 20.5 Å². The van der Waals surface area contributed by atoms with Crippen molar-refractivity contribution in [1.29, 1.82) is 0 Å². The summed E-state index contributed by atoms with van der Waals surface area (Å²) >= 11 is 1.15. The summed E-state index contributed by atoms with van der Waals surface area (Å²) in [5.41, 5.74) is 0.911. The number of halogens is 1. The molecule has 3 saturated heterocycles. The van der Waals surface area contributed by atoms with Crippen LogP contribution in [0.2, 0.25) is 0 Å². The molecule has 1 aromatic carbocycles. The topological polar surface area (TPSA) is 152 Å². The van der Waals surface area contributed by atoms with Crippen LogP contribution in [0.1, 0.15) is 71.7 Å². The van der Waals surface area contributed by atoms with E-state index in [0.717, 1.165) is 61.4 Å². The Kier molecular flexibility index (Phi) is 8.98. The summed E-state index contributed by atoms with van der Waals surface area (Å²) in [4.78, 5) is 68.0. The highest BCUT2D eigenvalue weighted by Gasteiger charge is 2.44. The number of fused-ring (bicyclic) bond motifs is 2. The van der Waals surface area contributed by atoms with Crippen LogP contribution in [0.3, 0.4) is 0 Å². The van der Waals surface area contributed by atoms with Crippen molar-refractivity contribution >= 4 is 52.6 Å². The van der Waals surface area contributed by atoms with Crippen molar-refractivity contribution < 1.29 is 33.1 Å². The van der Waals surface area contributed by atoms with Crippen molar-refractivity contribution in [3.05, 3.63) is 58.6 Å². The van der Waals surface area contributed by atoms with Crippen LogP contribution in [0.4, 0.5) is 10.2 Å². The normalized spacial score (nSPS) is 24.7. The maximum absolute atomic E-state index is 14.3. The summed E-state index contributed by atoms with van der Waals surface area (Å²) in [6.45, 7) is 3.45. The molecule has 0 spiro atoms. The molecule has 0 bridgehead atoms. The molecule has 1 unspecified atom stereocenters. The average molecular weight is 658 g/mol. The van der Waals surface area contributed by atoms with Gasteiger partial charge in [0.05, 0.1) is 4.88 Å². The number of aryl methyl sites for hydroxylation is 1. The average Bonchev–Trinajstić information content (AvgIpc) is 3.75. The minimum atomic E-state index is -4.97. The first-order valence-corrected chi connectivity index (χ1v) is 17.8. The first kappa shape index (κ1) is 31.6. The van der Waals surface area contributed by atoms with E-state index in [1.165, 1.54) is 24.3 Å². The molecule has 3 aliphatic rings. The lowest BCUT2D eigenvalue weighted by Crippen LogP contribution is -2.57. The number of thiophene rings is 1. The van der Waals surface area contributed by atoms with Crippen molar-refractivity contribution in [2.45, 2.75) is 81.9 Å². The number of alkyl halides is 1. The molecular weight excluding hydrogens is 620 g/mol. The van der Waals surface area contributed by atoms with Gasteiger partial charge in [-0.25, -0.2) is 9.37 Å². The number of anilines is 1. The van der Waals surface area contributed by atoms with Gasteiger partial charge in [0.2, 0.25) is 17.7 Å². The molecule has 3 fully saturated rings. The molecule has 0 radical (unpaired) electrons. The van der Waals surface area contributed by atoms with Gasteiger partial charge in [-0.2, -0.15) is 0 Å². The predicted octanol–water partition coefficient (Wildman–Crippen LogP) is 4.18. The minimum absolute atomic E-state index is 0.0545. The second-order valence-corrected chi connectivity index (χ2v) is 14.9. The fraction of sp³-hybridized carbons (Fsp3) is 0.484. The molecule has 5 heterocycles. The Morgan fingerprint density at radius 2 is 1.89 bits per heavy atom. The van der Waals surface area contributed by atoms with Crippen LogP contribution < -0.4 is 15.5 Å². The van der Waals surface area contributed by atoms with E-state index < -0.39 is 31.5 Å². The van der Waals surface area contributed by atoms with Crippen LogP contribution in [0.5, 0.6) is 0 Å². The Balaban J connectivity index is 1.13. The van der Waals surface area contributed by atoms with E-state index in [4.69, 9.17) is 0 Å². The van der Waals surface area contributed by atoms with Crippen molar-refractivity contribution in [3.63, 3.8) is 0 Å². The number of aromatic nitrogens is 1. The van der Waals surface area contributed by atoms with Crippen LogP contribution in [0.25, 0.3) is 10.1 Å². The highest BCUT2D eigenvalue weighted by atomic mass is 32.1. The zero-order valence-electron chi connectivity index (χ0n) is 24.9.